The van der Waals surface area contributed by atoms with Crippen LogP contribution < -0.4 is 10.1 Å². The van der Waals surface area contributed by atoms with Crippen LogP contribution >= 0.6 is 0 Å². The number of hydrogen-bond acceptors (Lipinski definition) is 6. The Morgan fingerprint density at radius 3 is 2.26 bits per heavy atom. The van der Waals surface area contributed by atoms with Gasteiger partial charge in [0.2, 0.25) is 5.91 Å². The summed E-state index contributed by atoms with van der Waals surface area (Å²) in [4.78, 5) is 37.2. The molecule has 0 heterocycles. The number of carbonyl (C=O) groups excluding carboxylic acids is 2. The highest BCUT2D eigenvalue weighted by Crippen LogP contribution is 2.17. The lowest BCUT2D eigenvalue weighted by atomic mass is 10.1. The molecule has 0 aliphatic heterocycles. The molecule has 1 amide bonds. The van der Waals surface area contributed by atoms with Crippen molar-refractivity contribution >= 4 is 17.6 Å². The minimum atomic E-state index is -0.516. The molecule has 118 valence electrons. The van der Waals surface area contributed by atoms with Gasteiger partial charge in [-0.2, -0.15) is 0 Å². The van der Waals surface area contributed by atoms with E-state index in [-0.39, 0.29) is 12.5 Å². The maximum absolute atomic E-state index is 12.0. The van der Waals surface area contributed by atoms with Crippen LogP contribution in [0.5, 0.6) is 5.75 Å². The first-order valence-corrected chi connectivity index (χ1v) is 6.72. The van der Waals surface area contributed by atoms with Gasteiger partial charge in [0.1, 0.15) is 12.4 Å². The number of rotatable bonds is 6. The van der Waals surface area contributed by atoms with E-state index in [1.165, 1.54) is 6.92 Å². The van der Waals surface area contributed by atoms with Crippen molar-refractivity contribution < 1.29 is 19.2 Å². The molecule has 0 aliphatic rings. The van der Waals surface area contributed by atoms with Crippen LogP contribution in [-0.2, 0) is 16.2 Å². The molecule has 7 heteroatoms. The minimum absolute atomic E-state index is 0.0451. The molecule has 0 atom stereocenters. The Bertz CT molecular complexity index is 695. The van der Waals surface area contributed by atoms with Crippen molar-refractivity contribution in [2.45, 2.75) is 13.5 Å². The second-order valence-electron chi connectivity index (χ2n) is 4.64. The second-order valence-corrected chi connectivity index (χ2v) is 4.64. The summed E-state index contributed by atoms with van der Waals surface area (Å²) in [5.74, 6) is -0.330. The van der Waals surface area contributed by atoms with Gasteiger partial charge in [-0.05, 0) is 42.0 Å². The van der Waals surface area contributed by atoms with Crippen LogP contribution in [0.2, 0.25) is 0 Å². The average Bonchev–Trinajstić information content (AvgIpc) is 2.54. The smallest absolute Gasteiger partial charge is 0.343 e. The number of benzene rings is 2. The van der Waals surface area contributed by atoms with E-state index in [1.807, 2.05) is 0 Å². The first-order valence-electron chi connectivity index (χ1n) is 6.72. The lowest BCUT2D eigenvalue weighted by molar-refractivity contribution is -0.114. The van der Waals surface area contributed by atoms with Gasteiger partial charge in [-0.3, -0.25) is 4.79 Å². The summed E-state index contributed by atoms with van der Waals surface area (Å²) >= 11 is 0. The summed E-state index contributed by atoms with van der Waals surface area (Å²) < 4.78 is 5.23. The molecule has 2 rings (SSSR count). The number of carbonyl (C=O) groups is 2. The van der Waals surface area contributed by atoms with Gasteiger partial charge in [0.15, 0.2) is 5.34 Å². The van der Waals surface area contributed by atoms with Gasteiger partial charge in [0.25, 0.3) is 0 Å². The molecule has 0 saturated heterocycles. The van der Waals surface area contributed by atoms with E-state index < -0.39 is 5.97 Å². The van der Waals surface area contributed by atoms with E-state index in [0.717, 1.165) is 0 Å². The lowest BCUT2D eigenvalue weighted by Gasteiger charge is -2.06. The number of ether oxygens (including phenoxy) is 1. The fourth-order valence-corrected chi connectivity index (χ4v) is 1.81. The van der Waals surface area contributed by atoms with Crippen molar-refractivity contribution in [2.24, 2.45) is 5.34 Å². The summed E-state index contributed by atoms with van der Waals surface area (Å²) in [6, 6.07) is 12.9. The highest BCUT2D eigenvalue weighted by Gasteiger charge is 2.09. The Kier molecular flexibility index (Phi) is 5.40. The number of nitrogens with zero attached hydrogens (tertiary/aromatic N) is 1. The van der Waals surface area contributed by atoms with E-state index in [1.54, 1.807) is 48.5 Å². The molecule has 23 heavy (non-hydrogen) atoms. The van der Waals surface area contributed by atoms with Gasteiger partial charge < -0.3 is 14.9 Å². The van der Waals surface area contributed by atoms with Gasteiger partial charge >= 0.3 is 5.97 Å². The van der Waals surface area contributed by atoms with Gasteiger partial charge in [-0.25, -0.2) is 4.79 Å². The Balaban J connectivity index is 1.98. The molecule has 0 aliphatic carbocycles. The van der Waals surface area contributed by atoms with Gasteiger partial charge in [-0.1, -0.05) is 12.1 Å². The molecule has 2 aromatic carbocycles. The third-order valence-electron chi connectivity index (χ3n) is 2.86. The number of nitrogens with one attached hydrogen (secondary N) is 1. The number of amides is 1. The van der Waals surface area contributed by atoms with Crippen LogP contribution in [0.1, 0.15) is 22.8 Å². The molecule has 0 fully saturated rings. The standard InChI is InChI=1S/C16H14N2O5/c1-11(19)17-14-6-8-15(9-7-14)23-16(20)13-4-2-12(3-5-13)10-22-18-21/h2-9H,10H2,1H3,(H,17,19). The molecule has 2 aromatic rings. The Morgan fingerprint density at radius 2 is 1.70 bits per heavy atom. The molecular formula is C16H14N2O5. The molecule has 7 nitrogen and oxygen atoms in total. The first kappa shape index (κ1) is 16.2. The van der Waals surface area contributed by atoms with E-state index >= 15 is 0 Å². The van der Waals surface area contributed by atoms with Gasteiger partial charge in [0.05, 0.1) is 5.56 Å². The quantitative estimate of drug-likeness (QED) is 0.383. The summed E-state index contributed by atoms with van der Waals surface area (Å²) in [5.41, 5.74) is 1.69. The van der Waals surface area contributed by atoms with Crippen LogP contribution in [0.15, 0.2) is 53.9 Å². The normalized spacial score (nSPS) is 9.78. The fraction of sp³-hybridized carbons (Fsp3) is 0.125. The monoisotopic (exact) mass is 314 g/mol. The molecule has 0 saturated carbocycles. The highest BCUT2D eigenvalue weighted by molar-refractivity contribution is 5.91. The lowest BCUT2D eigenvalue weighted by Crippen LogP contribution is -2.09. The summed E-state index contributed by atoms with van der Waals surface area (Å²) in [6.07, 6.45) is 0. The van der Waals surface area contributed by atoms with E-state index in [4.69, 9.17) is 4.74 Å². The van der Waals surface area contributed by atoms with Crippen LogP contribution in [0.25, 0.3) is 0 Å². The summed E-state index contributed by atoms with van der Waals surface area (Å²) in [5, 5.41) is 4.92. The van der Waals surface area contributed by atoms with Crippen molar-refractivity contribution in [1.82, 2.24) is 0 Å². The molecule has 0 unspecified atom stereocenters. The largest absolute Gasteiger partial charge is 0.423 e. The Morgan fingerprint density at radius 1 is 1.04 bits per heavy atom. The summed E-state index contributed by atoms with van der Waals surface area (Å²) in [7, 11) is 0. The van der Waals surface area contributed by atoms with Crippen molar-refractivity contribution in [3.63, 3.8) is 0 Å². The zero-order chi connectivity index (χ0) is 16.7. The fourth-order valence-electron chi connectivity index (χ4n) is 1.81. The van der Waals surface area contributed by atoms with E-state index in [2.05, 4.69) is 15.5 Å². The van der Waals surface area contributed by atoms with E-state index in [0.29, 0.717) is 22.6 Å². The molecule has 0 aromatic heterocycles. The van der Waals surface area contributed by atoms with Crippen molar-refractivity contribution in [3.05, 3.63) is 64.6 Å². The molecule has 1 N–H and O–H groups in total. The van der Waals surface area contributed by atoms with Crippen molar-refractivity contribution in [2.75, 3.05) is 5.32 Å². The van der Waals surface area contributed by atoms with Crippen LogP contribution in [0, 0.1) is 4.91 Å². The molecule has 0 radical (unpaired) electrons. The zero-order valence-electron chi connectivity index (χ0n) is 12.3. The topological polar surface area (TPSA) is 94.1 Å². The highest BCUT2D eigenvalue weighted by atomic mass is 16.7. The maximum atomic E-state index is 12.0. The second kappa shape index (κ2) is 7.69. The van der Waals surface area contributed by atoms with Crippen LogP contribution in [-0.4, -0.2) is 11.9 Å². The predicted octanol–water partition coefficient (Wildman–Crippen LogP) is 3.06. The Labute approximate surface area is 132 Å². The zero-order valence-corrected chi connectivity index (χ0v) is 12.3. The number of hydrogen-bond donors (Lipinski definition) is 1. The van der Waals surface area contributed by atoms with Gasteiger partial charge in [0, 0.05) is 12.6 Å². The maximum Gasteiger partial charge on any atom is 0.343 e. The Hall–Kier alpha value is -3.22. The predicted molar refractivity (Wildman–Crippen MR) is 82.7 cm³/mol. The molecular weight excluding hydrogens is 300 g/mol. The minimum Gasteiger partial charge on any atom is -0.423 e. The van der Waals surface area contributed by atoms with E-state index in [9.17, 15) is 14.5 Å². The van der Waals surface area contributed by atoms with Crippen LogP contribution in [0.4, 0.5) is 5.69 Å². The molecule has 0 spiro atoms. The van der Waals surface area contributed by atoms with Crippen molar-refractivity contribution in [1.29, 1.82) is 0 Å². The van der Waals surface area contributed by atoms with Crippen molar-refractivity contribution in [3.8, 4) is 5.75 Å². The van der Waals surface area contributed by atoms with Gasteiger partial charge in [-0.15, -0.1) is 4.91 Å². The first-order chi connectivity index (χ1) is 11.1. The SMILES string of the molecule is CC(=O)Nc1ccc(OC(=O)c2ccc(CON=O)cc2)cc1. The number of esters is 1. The number of anilines is 1. The summed E-state index contributed by atoms with van der Waals surface area (Å²) in [6.45, 7) is 1.46. The third-order valence-corrected chi connectivity index (χ3v) is 2.86. The van der Waals surface area contributed by atoms with Crippen LogP contribution in [0.3, 0.4) is 0 Å². The third kappa shape index (κ3) is 4.92. The average molecular weight is 314 g/mol. The molecule has 0 bridgehead atoms.